The molecule has 0 atom stereocenters. The quantitative estimate of drug-likeness (QED) is 0.918. The summed E-state index contributed by atoms with van der Waals surface area (Å²) >= 11 is 1.29. The van der Waals surface area contributed by atoms with Gasteiger partial charge in [-0.05, 0) is 43.3 Å². The maximum absolute atomic E-state index is 13.9. The topological polar surface area (TPSA) is 56.7 Å². The highest BCUT2D eigenvalue weighted by molar-refractivity contribution is 7.99. The molecule has 0 fully saturated rings. The van der Waals surface area contributed by atoms with Gasteiger partial charge >= 0.3 is 0 Å². The third kappa shape index (κ3) is 2.54. The average Bonchev–Trinajstić information content (AvgIpc) is 2.65. The van der Waals surface area contributed by atoms with Crippen LogP contribution in [0.5, 0.6) is 0 Å². The van der Waals surface area contributed by atoms with Crippen LogP contribution in [0.4, 0.5) is 4.39 Å². The fourth-order valence-electron chi connectivity index (χ4n) is 1.59. The molecule has 96 valence electrons. The third-order valence-corrected chi connectivity index (χ3v) is 3.91. The zero-order chi connectivity index (χ0) is 13.1. The fourth-order valence-corrected chi connectivity index (χ4v) is 2.59. The van der Waals surface area contributed by atoms with Crippen LogP contribution >= 0.6 is 11.8 Å². The molecule has 2 aromatic rings. The van der Waals surface area contributed by atoms with E-state index in [4.69, 9.17) is 5.73 Å². The molecule has 18 heavy (non-hydrogen) atoms. The van der Waals surface area contributed by atoms with Crippen LogP contribution in [0.1, 0.15) is 11.4 Å². The summed E-state index contributed by atoms with van der Waals surface area (Å²) in [5.74, 6) is 0.556. The van der Waals surface area contributed by atoms with E-state index in [-0.39, 0.29) is 5.82 Å². The molecular formula is C12H15FN4S. The zero-order valence-electron chi connectivity index (χ0n) is 10.4. The van der Waals surface area contributed by atoms with Crippen LogP contribution < -0.4 is 5.73 Å². The predicted molar refractivity (Wildman–Crippen MR) is 69.0 cm³/mol. The van der Waals surface area contributed by atoms with Crippen LogP contribution in [0.15, 0.2) is 28.3 Å². The number of hydrogen-bond acceptors (Lipinski definition) is 4. The van der Waals surface area contributed by atoms with Crippen LogP contribution in [-0.2, 0) is 13.5 Å². The minimum absolute atomic E-state index is 0.244. The van der Waals surface area contributed by atoms with Gasteiger partial charge in [-0.15, -0.1) is 10.2 Å². The molecule has 2 N–H and O–H groups in total. The summed E-state index contributed by atoms with van der Waals surface area (Å²) < 4.78 is 15.7. The summed E-state index contributed by atoms with van der Waals surface area (Å²) in [7, 11) is 1.86. The fraction of sp³-hybridized carbons (Fsp3) is 0.333. The number of nitrogens with zero attached hydrogens (tertiary/aromatic N) is 3. The largest absolute Gasteiger partial charge is 0.330 e. The van der Waals surface area contributed by atoms with Crippen molar-refractivity contribution in [1.29, 1.82) is 0 Å². The lowest BCUT2D eigenvalue weighted by Crippen LogP contribution is -2.05. The lowest BCUT2D eigenvalue weighted by molar-refractivity contribution is 0.596. The van der Waals surface area contributed by atoms with E-state index in [1.165, 1.54) is 17.8 Å². The van der Waals surface area contributed by atoms with Crippen molar-refractivity contribution in [3.8, 4) is 0 Å². The molecule has 0 aliphatic heterocycles. The van der Waals surface area contributed by atoms with Gasteiger partial charge in [-0.25, -0.2) is 4.39 Å². The van der Waals surface area contributed by atoms with E-state index < -0.39 is 0 Å². The van der Waals surface area contributed by atoms with Crippen molar-refractivity contribution < 1.29 is 4.39 Å². The molecule has 4 nitrogen and oxygen atoms in total. The van der Waals surface area contributed by atoms with Gasteiger partial charge < -0.3 is 10.3 Å². The first-order chi connectivity index (χ1) is 8.63. The summed E-state index contributed by atoms with van der Waals surface area (Å²) in [6.45, 7) is 2.36. The molecule has 0 saturated carbocycles. The van der Waals surface area contributed by atoms with Crippen LogP contribution in [-0.4, -0.2) is 21.3 Å². The van der Waals surface area contributed by atoms with E-state index in [0.717, 1.165) is 11.4 Å². The van der Waals surface area contributed by atoms with Gasteiger partial charge in [0.1, 0.15) is 11.6 Å². The molecule has 2 rings (SSSR count). The smallest absolute Gasteiger partial charge is 0.195 e. The Morgan fingerprint density at radius 2 is 2.17 bits per heavy atom. The molecule has 0 bridgehead atoms. The zero-order valence-corrected chi connectivity index (χ0v) is 11.2. The highest BCUT2D eigenvalue weighted by Crippen LogP contribution is 2.31. The van der Waals surface area contributed by atoms with E-state index in [1.54, 1.807) is 6.07 Å². The molecule has 0 radical (unpaired) electrons. The molecule has 0 saturated heterocycles. The second-order valence-corrected chi connectivity index (χ2v) is 4.94. The summed E-state index contributed by atoms with van der Waals surface area (Å²) in [6.07, 6.45) is 0.650. The Hall–Kier alpha value is -1.40. The minimum atomic E-state index is -0.244. The number of benzene rings is 1. The molecule has 0 aliphatic rings. The second-order valence-electron chi connectivity index (χ2n) is 3.96. The first-order valence-corrected chi connectivity index (χ1v) is 6.46. The van der Waals surface area contributed by atoms with Crippen molar-refractivity contribution in [3.05, 3.63) is 35.4 Å². The van der Waals surface area contributed by atoms with E-state index in [2.05, 4.69) is 10.2 Å². The Balaban J connectivity index is 2.36. The van der Waals surface area contributed by atoms with Gasteiger partial charge in [0.2, 0.25) is 0 Å². The van der Waals surface area contributed by atoms with Gasteiger partial charge in [-0.1, -0.05) is 12.1 Å². The first kappa shape index (κ1) is 13.0. The van der Waals surface area contributed by atoms with Crippen LogP contribution in [0.3, 0.4) is 0 Å². The molecule has 1 heterocycles. The van der Waals surface area contributed by atoms with Gasteiger partial charge in [-0.2, -0.15) is 0 Å². The van der Waals surface area contributed by atoms with Crippen LogP contribution in [0.25, 0.3) is 0 Å². The third-order valence-electron chi connectivity index (χ3n) is 2.71. The summed E-state index contributed by atoms with van der Waals surface area (Å²) in [5.41, 5.74) is 6.45. The van der Waals surface area contributed by atoms with Crippen LogP contribution in [0.2, 0.25) is 0 Å². The van der Waals surface area contributed by atoms with Crippen molar-refractivity contribution in [1.82, 2.24) is 14.8 Å². The predicted octanol–water partition coefficient (Wildman–Crippen LogP) is 1.92. The van der Waals surface area contributed by atoms with E-state index in [9.17, 15) is 4.39 Å². The molecule has 1 aromatic heterocycles. The normalized spacial score (nSPS) is 10.9. The Kier molecular flexibility index (Phi) is 3.98. The standard InChI is InChI=1S/C12H15FN4S/c1-8-15-16-12(17(8)2)18-11-9(6-7-14)4-3-5-10(11)13/h3-5H,6-7,14H2,1-2H3. The van der Waals surface area contributed by atoms with Crippen molar-refractivity contribution in [3.63, 3.8) is 0 Å². The SMILES string of the molecule is Cc1nnc(Sc2c(F)cccc2CCN)n1C. The molecule has 0 amide bonds. The van der Waals surface area contributed by atoms with E-state index in [1.807, 2.05) is 24.6 Å². The maximum atomic E-state index is 13.9. The van der Waals surface area contributed by atoms with Gasteiger partial charge in [-0.3, -0.25) is 0 Å². The summed E-state index contributed by atoms with van der Waals surface area (Å²) in [4.78, 5) is 0.582. The Morgan fingerprint density at radius 1 is 1.39 bits per heavy atom. The highest BCUT2D eigenvalue weighted by Gasteiger charge is 2.13. The Labute approximate surface area is 109 Å². The molecular weight excluding hydrogens is 251 g/mol. The Bertz CT molecular complexity index is 553. The van der Waals surface area contributed by atoms with E-state index >= 15 is 0 Å². The molecule has 0 aliphatic carbocycles. The van der Waals surface area contributed by atoms with Gasteiger partial charge in [0.15, 0.2) is 5.16 Å². The molecule has 0 spiro atoms. The minimum Gasteiger partial charge on any atom is -0.330 e. The average molecular weight is 266 g/mol. The van der Waals surface area contributed by atoms with Crippen molar-refractivity contribution in [2.24, 2.45) is 12.8 Å². The lowest BCUT2D eigenvalue weighted by atomic mass is 10.1. The van der Waals surface area contributed by atoms with Crippen molar-refractivity contribution in [2.45, 2.75) is 23.4 Å². The first-order valence-electron chi connectivity index (χ1n) is 5.64. The number of aromatic nitrogens is 3. The number of hydrogen-bond donors (Lipinski definition) is 1. The summed E-state index contributed by atoms with van der Waals surface area (Å²) in [6, 6.07) is 5.04. The van der Waals surface area contributed by atoms with Gasteiger partial charge in [0.05, 0.1) is 4.90 Å². The number of halogens is 1. The van der Waals surface area contributed by atoms with Gasteiger partial charge in [0, 0.05) is 7.05 Å². The molecule has 6 heteroatoms. The van der Waals surface area contributed by atoms with E-state index in [0.29, 0.717) is 23.0 Å². The summed E-state index contributed by atoms with van der Waals surface area (Å²) in [5, 5.41) is 8.67. The Morgan fingerprint density at radius 3 is 2.78 bits per heavy atom. The maximum Gasteiger partial charge on any atom is 0.195 e. The molecule has 1 aromatic carbocycles. The number of rotatable bonds is 4. The van der Waals surface area contributed by atoms with Crippen molar-refractivity contribution in [2.75, 3.05) is 6.54 Å². The second kappa shape index (κ2) is 5.49. The monoisotopic (exact) mass is 266 g/mol. The van der Waals surface area contributed by atoms with Gasteiger partial charge in [0.25, 0.3) is 0 Å². The van der Waals surface area contributed by atoms with Crippen LogP contribution in [0, 0.1) is 12.7 Å². The number of aryl methyl sites for hydroxylation is 1. The lowest BCUT2D eigenvalue weighted by Gasteiger charge is -2.08. The highest BCUT2D eigenvalue weighted by atomic mass is 32.2. The number of nitrogens with two attached hydrogens (primary N) is 1. The van der Waals surface area contributed by atoms with Crippen molar-refractivity contribution >= 4 is 11.8 Å². The molecule has 0 unspecified atom stereocenters.